The van der Waals surface area contributed by atoms with Crippen LogP contribution in [0.25, 0.3) is 0 Å². The normalized spacial score (nSPS) is 15.8. The van der Waals surface area contributed by atoms with Crippen molar-refractivity contribution in [3.8, 4) is 0 Å². The molecule has 100 valence electrons. The van der Waals surface area contributed by atoms with Crippen molar-refractivity contribution in [3.05, 3.63) is 35.9 Å². The first-order valence-electron chi connectivity index (χ1n) is 6.44. The molecule has 0 aliphatic carbocycles. The van der Waals surface area contributed by atoms with Gasteiger partial charge in [-0.2, -0.15) is 0 Å². The van der Waals surface area contributed by atoms with Crippen molar-refractivity contribution in [2.75, 3.05) is 7.11 Å². The van der Waals surface area contributed by atoms with Gasteiger partial charge in [-0.25, -0.2) is 0 Å². The maximum atomic E-state index is 11.7. The molecular weight excluding hydrogens is 226 g/mol. The van der Waals surface area contributed by atoms with Gasteiger partial charge in [-0.15, -0.1) is 0 Å². The van der Waals surface area contributed by atoms with E-state index in [0.717, 1.165) is 18.4 Å². The SMILES string of the molecule is CCCC(CC(=O)OC)(c1ccccc1)C(C)N. The summed E-state index contributed by atoms with van der Waals surface area (Å²) in [5.74, 6) is -0.204. The van der Waals surface area contributed by atoms with Gasteiger partial charge >= 0.3 is 5.97 Å². The van der Waals surface area contributed by atoms with Crippen LogP contribution in [0.1, 0.15) is 38.7 Å². The van der Waals surface area contributed by atoms with E-state index in [4.69, 9.17) is 10.5 Å². The van der Waals surface area contributed by atoms with Gasteiger partial charge in [0.25, 0.3) is 0 Å². The first-order valence-corrected chi connectivity index (χ1v) is 6.44. The average Bonchev–Trinajstić information content (AvgIpc) is 2.38. The number of nitrogens with two attached hydrogens (primary N) is 1. The van der Waals surface area contributed by atoms with Crippen LogP contribution < -0.4 is 5.73 Å². The zero-order chi connectivity index (χ0) is 13.6. The Labute approximate surface area is 109 Å². The van der Waals surface area contributed by atoms with Crippen LogP contribution in [0, 0.1) is 0 Å². The summed E-state index contributed by atoms with van der Waals surface area (Å²) in [5.41, 5.74) is 6.97. The zero-order valence-electron chi connectivity index (χ0n) is 11.5. The third-order valence-corrected chi connectivity index (χ3v) is 3.60. The lowest BCUT2D eigenvalue weighted by Gasteiger charge is -2.37. The van der Waals surface area contributed by atoms with Crippen LogP contribution in [-0.4, -0.2) is 19.1 Å². The van der Waals surface area contributed by atoms with Crippen LogP contribution in [0.15, 0.2) is 30.3 Å². The maximum Gasteiger partial charge on any atom is 0.306 e. The van der Waals surface area contributed by atoms with Gasteiger partial charge in [0.05, 0.1) is 13.5 Å². The molecule has 0 heterocycles. The molecule has 0 aromatic heterocycles. The number of carbonyl (C=O) groups excluding carboxylic acids is 1. The molecule has 0 radical (unpaired) electrons. The molecule has 3 heteroatoms. The highest BCUT2D eigenvalue weighted by Gasteiger charge is 2.37. The summed E-state index contributed by atoms with van der Waals surface area (Å²) < 4.78 is 4.83. The van der Waals surface area contributed by atoms with E-state index in [0.29, 0.717) is 6.42 Å². The summed E-state index contributed by atoms with van der Waals surface area (Å²) in [5, 5.41) is 0. The Bertz CT molecular complexity index is 375. The standard InChI is InChI=1S/C15H23NO2/c1-4-10-15(12(2)16,11-14(17)18-3)13-8-6-5-7-9-13/h5-9,12H,4,10-11,16H2,1-3H3. The minimum Gasteiger partial charge on any atom is -0.469 e. The average molecular weight is 249 g/mol. The summed E-state index contributed by atoms with van der Waals surface area (Å²) in [6, 6.07) is 9.93. The van der Waals surface area contributed by atoms with Gasteiger partial charge in [0.15, 0.2) is 0 Å². The minimum absolute atomic E-state index is 0.0982. The molecule has 0 saturated heterocycles. The van der Waals surface area contributed by atoms with Crippen molar-refractivity contribution >= 4 is 5.97 Å². The molecule has 0 fully saturated rings. The van der Waals surface area contributed by atoms with E-state index in [9.17, 15) is 4.79 Å². The fourth-order valence-electron chi connectivity index (χ4n) is 2.53. The Balaban J connectivity index is 3.17. The molecule has 0 aliphatic rings. The van der Waals surface area contributed by atoms with Crippen molar-refractivity contribution < 1.29 is 9.53 Å². The molecule has 0 aliphatic heterocycles. The summed E-state index contributed by atoms with van der Waals surface area (Å²) >= 11 is 0. The summed E-state index contributed by atoms with van der Waals surface area (Å²) in [4.78, 5) is 11.7. The van der Waals surface area contributed by atoms with E-state index in [1.807, 2.05) is 37.3 Å². The van der Waals surface area contributed by atoms with Crippen LogP contribution in [0.2, 0.25) is 0 Å². The Morgan fingerprint density at radius 1 is 1.39 bits per heavy atom. The number of ether oxygens (including phenoxy) is 1. The number of esters is 1. The van der Waals surface area contributed by atoms with Crippen LogP contribution >= 0.6 is 0 Å². The second kappa shape index (κ2) is 6.55. The predicted octanol–water partition coefficient (Wildman–Crippen LogP) is 2.63. The van der Waals surface area contributed by atoms with Crippen LogP contribution in [0.3, 0.4) is 0 Å². The Morgan fingerprint density at radius 3 is 2.44 bits per heavy atom. The lowest BCUT2D eigenvalue weighted by atomic mass is 9.69. The van der Waals surface area contributed by atoms with E-state index in [1.165, 1.54) is 7.11 Å². The second-order valence-electron chi connectivity index (χ2n) is 4.81. The number of hydrogen-bond donors (Lipinski definition) is 1. The molecule has 2 unspecified atom stereocenters. The highest BCUT2D eigenvalue weighted by molar-refractivity contribution is 5.71. The molecule has 0 saturated carbocycles. The summed E-state index contributed by atoms with van der Waals surface area (Å²) in [7, 11) is 1.42. The van der Waals surface area contributed by atoms with E-state index < -0.39 is 0 Å². The monoisotopic (exact) mass is 249 g/mol. The maximum absolute atomic E-state index is 11.7. The van der Waals surface area contributed by atoms with Crippen LogP contribution in [0.4, 0.5) is 0 Å². The minimum atomic E-state index is -0.330. The van der Waals surface area contributed by atoms with Gasteiger partial charge in [-0.05, 0) is 18.9 Å². The molecule has 1 aromatic carbocycles. The number of carbonyl (C=O) groups is 1. The molecule has 1 aromatic rings. The van der Waals surface area contributed by atoms with Crippen molar-refractivity contribution in [3.63, 3.8) is 0 Å². The Hall–Kier alpha value is -1.35. The fourth-order valence-corrected chi connectivity index (χ4v) is 2.53. The first-order chi connectivity index (χ1) is 8.56. The molecule has 3 nitrogen and oxygen atoms in total. The van der Waals surface area contributed by atoms with Gasteiger partial charge in [-0.1, -0.05) is 43.7 Å². The number of rotatable bonds is 6. The van der Waals surface area contributed by atoms with E-state index in [2.05, 4.69) is 6.92 Å². The van der Waals surface area contributed by atoms with Gasteiger partial charge < -0.3 is 10.5 Å². The first kappa shape index (κ1) is 14.7. The predicted molar refractivity (Wildman–Crippen MR) is 73.3 cm³/mol. The summed E-state index contributed by atoms with van der Waals surface area (Å²) in [6.45, 7) is 4.07. The molecular formula is C15H23NO2. The van der Waals surface area contributed by atoms with Crippen molar-refractivity contribution in [2.24, 2.45) is 5.73 Å². The van der Waals surface area contributed by atoms with Gasteiger partial charge in [0, 0.05) is 11.5 Å². The highest BCUT2D eigenvalue weighted by Crippen LogP contribution is 2.36. The van der Waals surface area contributed by atoms with Crippen molar-refractivity contribution in [1.29, 1.82) is 0 Å². The number of benzene rings is 1. The largest absolute Gasteiger partial charge is 0.469 e. The fraction of sp³-hybridized carbons (Fsp3) is 0.533. The number of methoxy groups -OCH3 is 1. The smallest absolute Gasteiger partial charge is 0.306 e. The molecule has 2 atom stereocenters. The zero-order valence-corrected chi connectivity index (χ0v) is 11.5. The highest BCUT2D eigenvalue weighted by atomic mass is 16.5. The van der Waals surface area contributed by atoms with Gasteiger partial charge in [0.2, 0.25) is 0 Å². The molecule has 1 rings (SSSR count). The Kier molecular flexibility index (Phi) is 5.35. The lowest BCUT2D eigenvalue weighted by molar-refractivity contribution is -0.142. The molecule has 0 spiro atoms. The van der Waals surface area contributed by atoms with E-state index >= 15 is 0 Å². The molecule has 2 N–H and O–H groups in total. The molecule has 18 heavy (non-hydrogen) atoms. The van der Waals surface area contributed by atoms with Gasteiger partial charge in [0.1, 0.15) is 0 Å². The van der Waals surface area contributed by atoms with E-state index in [-0.39, 0.29) is 17.4 Å². The van der Waals surface area contributed by atoms with Crippen LogP contribution in [0.5, 0.6) is 0 Å². The summed E-state index contributed by atoms with van der Waals surface area (Å²) in [6.07, 6.45) is 2.19. The second-order valence-corrected chi connectivity index (χ2v) is 4.81. The topological polar surface area (TPSA) is 52.3 Å². The quantitative estimate of drug-likeness (QED) is 0.788. The van der Waals surface area contributed by atoms with Crippen molar-refractivity contribution in [1.82, 2.24) is 0 Å². The van der Waals surface area contributed by atoms with Crippen molar-refractivity contribution in [2.45, 2.75) is 44.6 Å². The number of hydrogen-bond acceptors (Lipinski definition) is 3. The van der Waals surface area contributed by atoms with Gasteiger partial charge in [-0.3, -0.25) is 4.79 Å². The Morgan fingerprint density at radius 2 is 2.00 bits per heavy atom. The molecule has 0 amide bonds. The lowest BCUT2D eigenvalue weighted by Crippen LogP contribution is -2.45. The van der Waals surface area contributed by atoms with E-state index in [1.54, 1.807) is 0 Å². The third kappa shape index (κ3) is 3.10. The molecule has 0 bridgehead atoms. The van der Waals surface area contributed by atoms with Crippen LogP contribution in [-0.2, 0) is 14.9 Å². The third-order valence-electron chi connectivity index (χ3n) is 3.60.